The number of ether oxygens (including phenoxy) is 1. The molecule has 0 fully saturated rings. The number of benzene rings is 2. The van der Waals surface area contributed by atoms with Crippen LogP contribution in [0.2, 0.25) is 10.0 Å². The summed E-state index contributed by atoms with van der Waals surface area (Å²) in [6.07, 6.45) is 0. The van der Waals surface area contributed by atoms with Gasteiger partial charge in [0.05, 0.1) is 16.4 Å². The van der Waals surface area contributed by atoms with Gasteiger partial charge in [-0.1, -0.05) is 35.3 Å². The van der Waals surface area contributed by atoms with Crippen LogP contribution in [0.5, 0.6) is 5.75 Å². The maximum absolute atomic E-state index is 12.9. The normalized spacial score (nSPS) is 19.2. The molecule has 2 aromatic carbocycles. The second kappa shape index (κ2) is 6.58. The van der Waals surface area contributed by atoms with Crippen LogP contribution in [0.4, 0.5) is 11.4 Å². The number of fused-ring (bicyclic) bond motifs is 1. The van der Waals surface area contributed by atoms with Crippen molar-refractivity contribution in [2.75, 3.05) is 16.8 Å². The first-order valence-corrected chi connectivity index (χ1v) is 8.49. The van der Waals surface area contributed by atoms with Crippen LogP contribution in [0.25, 0.3) is 0 Å². The van der Waals surface area contributed by atoms with E-state index < -0.39 is 17.4 Å². The predicted molar refractivity (Wildman–Crippen MR) is 98.6 cm³/mol. The third kappa shape index (κ3) is 3.05. The predicted octanol–water partition coefficient (Wildman–Crippen LogP) is 4.14. The van der Waals surface area contributed by atoms with Crippen LogP contribution in [0.15, 0.2) is 42.5 Å². The van der Waals surface area contributed by atoms with Gasteiger partial charge in [0.25, 0.3) is 17.4 Å². The molecule has 5 nitrogen and oxygen atoms in total. The molecule has 130 valence electrons. The van der Waals surface area contributed by atoms with E-state index in [1.54, 1.807) is 30.3 Å². The van der Waals surface area contributed by atoms with Crippen LogP contribution in [0.3, 0.4) is 0 Å². The summed E-state index contributed by atoms with van der Waals surface area (Å²) in [5.41, 5.74) is -0.754. The Kier molecular flexibility index (Phi) is 4.62. The fourth-order valence-corrected chi connectivity index (χ4v) is 3.03. The lowest BCUT2D eigenvalue weighted by atomic mass is 9.99. The third-order valence-corrected chi connectivity index (χ3v) is 4.61. The molecule has 0 aromatic heterocycles. The summed E-state index contributed by atoms with van der Waals surface area (Å²) in [6.45, 7) is 3.70. The highest BCUT2D eigenvalue weighted by atomic mass is 35.5. The number of para-hydroxylation sites is 2. The Morgan fingerprint density at radius 1 is 1.24 bits per heavy atom. The van der Waals surface area contributed by atoms with Crippen LogP contribution in [0.1, 0.15) is 13.8 Å². The molecule has 0 saturated heterocycles. The average Bonchev–Trinajstić information content (AvgIpc) is 2.59. The second-order valence-corrected chi connectivity index (χ2v) is 6.57. The molecule has 0 spiro atoms. The smallest absolute Gasteiger partial charge is 0.280 e. The maximum atomic E-state index is 12.9. The fourth-order valence-electron chi connectivity index (χ4n) is 2.69. The lowest BCUT2D eigenvalue weighted by Gasteiger charge is -2.39. The number of carbonyl (C=O) groups excluding carboxylic acids is 2. The van der Waals surface area contributed by atoms with Gasteiger partial charge >= 0.3 is 0 Å². The minimum Gasteiger partial charge on any atom is -0.465 e. The summed E-state index contributed by atoms with van der Waals surface area (Å²) < 4.78 is 5.79. The minimum absolute atomic E-state index is 0.317. The largest absolute Gasteiger partial charge is 0.465 e. The first-order valence-electron chi connectivity index (χ1n) is 7.73. The van der Waals surface area contributed by atoms with Gasteiger partial charge in [0, 0.05) is 11.6 Å². The number of nitrogens with zero attached hydrogens (tertiary/aromatic N) is 1. The van der Waals surface area contributed by atoms with Crippen LogP contribution in [-0.4, -0.2) is 24.0 Å². The Morgan fingerprint density at radius 2 is 1.96 bits per heavy atom. The van der Waals surface area contributed by atoms with Crippen molar-refractivity contribution < 1.29 is 14.3 Å². The molecule has 0 saturated carbocycles. The number of likely N-dealkylation sites (N-methyl/N-ethyl adjacent to an activating group) is 1. The molecule has 0 bridgehead atoms. The fraction of sp³-hybridized carbons (Fsp3) is 0.222. The number of rotatable bonds is 3. The highest BCUT2D eigenvalue weighted by Crippen LogP contribution is 2.38. The van der Waals surface area contributed by atoms with E-state index in [1.165, 1.54) is 17.9 Å². The van der Waals surface area contributed by atoms with Crippen LogP contribution >= 0.6 is 23.2 Å². The monoisotopic (exact) mass is 378 g/mol. The van der Waals surface area contributed by atoms with E-state index in [4.69, 9.17) is 27.9 Å². The number of nitrogens with one attached hydrogen (secondary N) is 1. The summed E-state index contributed by atoms with van der Waals surface area (Å²) in [7, 11) is 0. The Hall–Kier alpha value is -2.24. The van der Waals surface area contributed by atoms with Crippen LogP contribution < -0.4 is 15.0 Å². The van der Waals surface area contributed by atoms with Crippen molar-refractivity contribution in [2.45, 2.75) is 19.4 Å². The van der Waals surface area contributed by atoms with Crippen molar-refractivity contribution in [3.63, 3.8) is 0 Å². The SMILES string of the molecule is CCN1C(=O)C(C)(C(=O)Nc2cc(Cl)ccc2Cl)Oc2ccccc21. The van der Waals surface area contributed by atoms with Crippen LogP contribution in [-0.2, 0) is 9.59 Å². The number of anilines is 2. The van der Waals surface area contributed by atoms with E-state index in [2.05, 4.69) is 5.32 Å². The molecular formula is C18H16Cl2N2O3. The third-order valence-electron chi connectivity index (χ3n) is 4.05. The summed E-state index contributed by atoms with van der Waals surface area (Å²) in [5, 5.41) is 3.37. The molecule has 25 heavy (non-hydrogen) atoms. The van der Waals surface area contributed by atoms with E-state index in [1.807, 2.05) is 13.0 Å². The van der Waals surface area contributed by atoms with Crippen LogP contribution in [0, 0.1) is 0 Å². The Labute approximate surface area is 155 Å². The molecule has 1 heterocycles. The highest BCUT2D eigenvalue weighted by Gasteiger charge is 2.50. The zero-order chi connectivity index (χ0) is 18.2. The van der Waals surface area contributed by atoms with E-state index in [-0.39, 0.29) is 0 Å². The minimum atomic E-state index is -1.71. The Balaban J connectivity index is 1.96. The summed E-state index contributed by atoms with van der Waals surface area (Å²) in [6, 6.07) is 11.8. The molecule has 1 unspecified atom stereocenters. The summed E-state index contributed by atoms with van der Waals surface area (Å²) in [5.74, 6) is -0.585. The summed E-state index contributed by atoms with van der Waals surface area (Å²) >= 11 is 12.0. The molecule has 3 rings (SSSR count). The highest BCUT2D eigenvalue weighted by molar-refractivity contribution is 6.36. The van der Waals surface area contributed by atoms with E-state index in [0.717, 1.165) is 0 Å². The van der Waals surface area contributed by atoms with Crippen molar-refractivity contribution in [3.8, 4) is 5.75 Å². The molecule has 2 aromatic rings. The van der Waals surface area contributed by atoms with Crippen molar-refractivity contribution in [3.05, 3.63) is 52.5 Å². The van der Waals surface area contributed by atoms with E-state index >= 15 is 0 Å². The van der Waals surface area contributed by atoms with Gasteiger partial charge in [0.1, 0.15) is 5.75 Å². The number of hydrogen-bond acceptors (Lipinski definition) is 3. The molecule has 7 heteroatoms. The lowest BCUT2D eigenvalue weighted by Crippen LogP contribution is -2.60. The standard InChI is InChI=1S/C18H16Cl2N2O3/c1-3-22-14-6-4-5-7-15(14)25-18(2,17(22)24)16(23)21-13-10-11(19)8-9-12(13)20/h4-10H,3H2,1-2H3,(H,21,23). The first-order chi connectivity index (χ1) is 11.9. The zero-order valence-corrected chi connectivity index (χ0v) is 15.2. The van der Waals surface area contributed by atoms with Gasteiger partial charge < -0.3 is 15.0 Å². The number of amides is 2. The molecule has 0 radical (unpaired) electrons. The lowest BCUT2D eigenvalue weighted by molar-refractivity contribution is -0.145. The second-order valence-electron chi connectivity index (χ2n) is 5.73. The van der Waals surface area contributed by atoms with Crippen molar-refractivity contribution in [1.29, 1.82) is 0 Å². The molecule has 1 atom stereocenters. The Morgan fingerprint density at radius 3 is 2.68 bits per heavy atom. The van der Waals surface area contributed by atoms with Gasteiger partial charge in [0.15, 0.2) is 0 Å². The molecule has 1 aliphatic rings. The van der Waals surface area contributed by atoms with Gasteiger partial charge in [-0.05, 0) is 44.2 Å². The van der Waals surface area contributed by atoms with Crippen molar-refractivity contribution in [1.82, 2.24) is 0 Å². The molecule has 1 aliphatic heterocycles. The van der Waals surface area contributed by atoms with E-state index in [9.17, 15) is 9.59 Å². The molecule has 0 aliphatic carbocycles. The number of carbonyl (C=O) groups is 2. The van der Waals surface area contributed by atoms with Gasteiger partial charge in [0.2, 0.25) is 0 Å². The van der Waals surface area contributed by atoms with Crippen molar-refractivity contribution in [2.24, 2.45) is 0 Å². The van der Waals surface area contributed by atoms with E-state index in [0.29, 0.717) is 33.7 Å². The van der Waals surface area contributed by atoms with Gasteiger partial charge in [-0.3, -0.25) is 9.59 Å². The van der Waals surface area contributed by atoms with Gasteiger partial charge in [-0.15, -0.1) is 0 Å². The van der Waals surface area contributed by atoms with Crippen molar-refractivity contribution >= 4 is 46.4 Å². The molecular weight excluding hydrogens is 363 g/mol. The molecule has 2 amide bonds. The van der Waals surface area contributed by atoms with Gasteiger partial charge in [-0.25, -0.2) is 0 Å². The number of hydrogen-bond donors (Lipinski definition) is 1. The Bertz CT molecular complexity index is 856. The van der Waals surface area contributed by atoms with Gasteiger partial charge in [-0.2, -0.15) is 0 Å². The summed E-state index contributed by atoms with van der Waals surface area (Å²) in [4.78, 5) is 27.3. The first kappa shape index (κ1) is 17.6. The zero-order valence-electron chi connectivity index (χ0n) is 13.7. The quantitative estimate of drug-likeness (QED) is 0.816. The number of halogens is 2. The average molecular weight is 379 g/mol. The topological polar surface area (TPSA) is 58.6 Å². The maximum Gasteiger partial charge on any atom is 0.280 e. The molecule has 1 N–H and O–H groups in total.